The van der Waals surface area contributed by atoms with E-state index in [1.54, 1.807) is 49.8 Å². The van der Waals surface area contributed by atoms with Gasteiger partial charge >= 0.3 is 0 Å². The number of hydrogen-bond acceptors (Lipinski definition) is 17. The van der Waals surface area contributed by atoms with Crippen molar-refractivity contribution in [3.8, 4) is 0 Å². The van der Waals surface area contributed by atoms with Gasteiger partial charge in [-0.2, -0.15) is 25.5 Å². The lowest BCUT2D eigenvalue weighted by Gasteiger charge is -2.15. The van der Waals surface area contributed by atoms with Crippen molar-refractivity contribution in [3.63, 3.8) is 0 Å². The number of H-pyrrole nitrogens is 7. The first-order chi connectivity index (χ1) is 58.2. The van der Waals surface area contributed by atoms with Crippen molar-refractivity contribution in [2.75, 3.05) is 0 Å². The molecule has 0 bridgehead atoms. The molecular formula is C101H196N24. The highest BCUT2D eigenvalue weighted by Gasteiger charge is 2.21. The van der Waals surface area contributed by atoms with Crippen molar-refractivity contribution >= 4 is 0 Å². The molecule has 0 aliphatic rings. The van der Waals surface area contributed by atoms with Gasteiger partial charge in [-0.1, -0.05) is 381 Å². The summed E-state index contributed by atoms with van der Waals surface area (Å²) in [6, 6.07) is 8.25. The third kappa shape index (κ3) is 76.8. The summed E-state index contributed by atoms with van der Waals surface area (Å²) in [7, 11) is 0. The number of nitrogens with zero attached hydrogens (tertiary/aromatic N) is 17. The van der Waals surface area contributed by atoms with Crippen molar-refractivity contribution < 1.29 is 0 Å². The first kappa shape index (κ1) is 139. The molecule has 0 radical (unpaired) electrons. The van der Waals surface area contributed by atoms with Gasteiger partial charge in [0.25, 0.3) is 0 Å². The van der Waals surface area contributed by atoms with Gasteiger partial charge in [0.2, 0.25) is 0 Å². The summed E-state index contributed by atoms with van der Waals surface area (Å²) in [5.41, 5.74) is 11.1. The molecule has 0 amide bonds. The maximum atomic E-state index is 4.13. The van der Waals surface area contributed by atoms with Crippen molar-refractivity contribution in [1.29, 1.82) is 0 Å². The number of aromatic nitrogens is 24. The summed E-state index contributed by atoms with van der Waals surface area (Å²) in [6.07, 6.45) is 34.9. The molecule has 0 fully saturated rings. The molecule has 125 heavy (non-hydrogen) atoms. The topological polar surface area (TPSA) is 330 Å². The molecule has 0 aromatic carbocycles. The molecule has 0 saturated carbocycles. The zero-order valence-electron chi connectivity index (χ0n) is 91.0. The summed E-state index contributed by atoms with van der Waals surface area (Å²) in [5.74, 6) is 2.67. The molecule has 0 saturated heterocycles. The van der Waals surface area contributed by atoms with Gasteiger partial charge in [0.05, 0.1) is 48.8 Å². The van der Waals surface area contributed by atoms with E-state index in [0.29, 0.717) is 5.41 Å². The van der Waals surface area contributed by atoms with Crippen LogP contribution in [0.5, 0.6) is 0 Å². The van der Waals surface area contributed by atoms with Crippen LogP contribution in [0.3, 0.4) is 0 Å². The summed E-state index contributed by atoms with van der Waals surface area (Å²) in [4.78, 5) is 51.2. The minimum Gasteiger partial charge on any atom is -0.367 e. The predicted molar refractivity (Wildman–Crippen MR) is 544 cm³/mol. The molecule has 7 N–H and O–H groups in total. The molecule has 0 aliphatic heterocycles. The minimum atomic E-state index is 0.00819. The highest BCUT2D eigenvalue weighted by Crippen LogP contribution is 2.25. The molecule has 0 spiro atoms. The lowest BCUT2D eigenvalue weighted by molar-refractivity contribution is 0.533. The number of aromatic amines is 7. The van der Waals surface area contributed by atoms with Gasteiger partial charge in [-0.05, 0) is 46.2 Å². The zero-order chi connectivity index (χ0) is 101. The van der Waals surface area contributed by atoms with Crippen molar-refractivity contribution in [3.05, 3.63) is 212 Å². The Morgan fingerprint density at radius 3 is 0.896 bits per heavy atom. The second kappa shape index (κ2) is 78.2. The number of rotatable bonds is 0. The Bertz CT molecular complexity index is 3110. The lowest BCUT2D eigenvalue weighted by Crippen LogP contribution is -2.15. The Balaban J connectivity index is -0.000000124. The molecular weight excluding hydrogens is 1550 g/mol. The first-order valence-corrected chi connectivity index (χ1v) is 45.9. The Morgan fingerprint density at radius 2 is 0.704 bits per heavy atom. The van der Waals surface area contributed by atoms with Gasteiger partial charge < -0.3 is 24.9 Å². The third-order valence-corrected chi connectivity index (χ3v) is 14.2. The fourth-order valence-electron chi connectivity index (χ4n) is 7.36. The monoisotopic (exact) mass is 1750 g/mol. The van der Waals surface area contributed by atoms with Crippen LogP contribution < -0.4 is 0 Å². The highest BCUT2D eigenvalue weighted by molar-refractivity contribution is 5.19. The maximum Gasteiger partial charge on any atom is 0.156 e. The summed E-state index contributed by atoms with van der Waals surface area (Å²) < 4.78 is 0. The molecule has 11 heterocycles. The predicted octanol–water partition coefficient (Wildman–Crippen LogP) is 29.1. The lowest BCUT2D eigenvalue weighted by atomic mass is 9.89. The Labute approximate surface area is 768 Å². The van der Waals surface area contributed by atoms with Crippen LogP contribution in [0.25, 0.3) is 0 Å². The highest BCUT2D eigenvalue weighted by atomic mass is 15.2. The van der Waals surface area contributed by atoms with Crippen LogP contribution in [0.2, 0.25) is 0 Å². The zero-order valence-corrected chi connectivity index (χ0v) is 91.0. The van der Waals surface area contributed by atoms with Gasteiger partial charge in [-0.15, -0.1) is 15.3 Å². The molecule has 24 heteroatoms. The second-order valence-electron chi connectivity index (χ2n) is 35.7. The van der Waals surface area contributed by atoms with E-state index in [1.165, 1.54) is 59.2 Å². The quantitative estimate of drug-likeness (QED) is 0.0742. The standard InChI is InChI=1S/2C8H13N.4C7H11N3.5C7H12N2.11C2H6/c1-8(2,3)7-4-5-9-6-7;1-8(2,3)7-5-4-6-9-7;1-7(2,3)6-9-4-8-5-10-6;1-7(2,3)6-4-9-10-5-8-6;1-7(2,3)6-4-8-5-9-10-6;1-7(2,3)6-8-4-5-9-10-6;2*1-7(2,3)6-4-8-5-9-6;1-7(2,3)6-4-8-9-5-6;1-7(2,3)6-8-4-5-9-6;1-7(2,3)6-4-5-8-9-6;11*1-2/h2*4-6,9H,1-3H3;4*4-5H,1-3H3;5*4-5H,1-3H3,(H,8,9);11*1-2H3. The van der Waals surface area contributed by atoms with E-state index in [1.807, 2.05) is 214 Å². The summed E-state index contributed by atoms with van der Waals surface area (Å²) in [5, 5.41) is 36.0. The molecule has 11 rings (SSSR count). The minimum absolute atomic E-state index is 0.00819. The van der Waals surface area contributed by atoms with E-state index in [-0.39, 0.29) is 54.1 Å². The van der Waals surface area contributed by atoms with Gasteiger partial charge in [0.1, 0.15) is 37.0 Å². The maximum absolute atomic E-state index is 4.13. The van der Waals surface area contributed by atoms with Gasteiger partial charge in [0, 0.05) is 133 Å². The van der Waals surface area contributed by atoms with Crippen LogP contribution >= 0.6 is 0 Å². The van der Waals surface area contributed by atoms with Gasteiger partial charge in [-0.25, -0.2) is 44.9 Å². The second-order valence-corrected chi connectivity index (χ2v) is 35.7. The molecule has 0 aliphatic carbocycles. The third-order valence-electron chi connectivity index (χ3n) is 14.2. The van der Waals surface area contributed by atoms with Crippen LogP contribution in [0.4, 0.5) is 0 Å². The largest absolute Gasteiger partial charge is 0.367 e. The van der Waals surface area contributed by atoms with Crippen LogP contribution in [0.15, 0.2) is 149 Å². The van der Waals surface area contributed by atoms with Gasteiger partial charge in [0.15, 0.2) is 5.82 Å². The fraction of sp³-hybridized carbons (Fsp3) is 0.653. The van der Waals surface area contributed by atoms with Crippen LogP contribution in [-0.2, 0) is 59.6 Å². The van der Waals surface area contributed by atoms with Crippen LogP contribution in [0.1, 0.15) is 444 Å². The molecule has 24 nitrogen and oxygen atoms in total. The number of imidazole rings is 3. The smallest absolute Gasteiger partial charge is 0.156 e. The van der Waals surface area contributed by atoms with Crippen molar-refractivity contribution in [1.82, 2.24) is 121 Å². The first-order valence-electron chi connectivity index (χ1n) is 45.9. The normalized spacial score (nSPS) is 10.2. The molecule has 0 unspecified atom stereocenters. The average molecular weight is 1750 g/mol. The van der Waals surface area contributed by atoms with E-state index in [0.717, 1.165) is 28.9 Å². The fourth-order valence-corrected chi connectivity index (χ4v) is 7.36. The number of hydrogen-bond donors (Lipinski definition) is 7. The Morgan fingerprint density at radius 1 is 0.248 bits per heavy atom. The Hall–Kier alpha value is -9.35. The summed E-state index contributed by atoms with van der Waals surface area (Å²) >= 11 is 0. The molecule has 11 aromatic rings. The molecule has 11 aromatic heterocycles. The number of nitrogens with one attached hydrogen (secondary N) is 7. The van der Waals surface area contributed by atoms with E-state index >= 15 is 0 Å². The Kier molecular flexibility index (Phi) is 86.8. The molecule has 720 valence electrons. The molecule has 0 atom stereocenters. The van der Waals surface area contributed by atoms with Crippen LogP contribution in [0, 0.1) is 0 Å². The van der Waals surface area contributed by atoms with E-state index in [4.69, 9.17) is 0 Å². The van der Waals surface area contributed by atoms with E-state index in [2.05, 4.69) is 361 Å². The van der Waals surface area contributed by atoms with E-state index in [9.17, 15) is 0 Å². The van der Waals surface area contributed by atoms with Crippen molar-refractivity contribution in [2.24, 2.45) is 0 Å². The van der Waals surface area contributed by atoms with Crippen LogP contribution in [-0.4, -0.2) is 121 Å². The van der Waals surface area contributed by atoms with E-state index < -0.39 is 0 Å². The van der Waals surface area contributed by atoms with Gasteiger partial charge in [-0.3, -0.25) is 10.2 Å². The average Bonchev–Trinajstić information content (AvgIpc) is 1.54. The van der Waals surface area contributed by atoms with Crippen molar-refractivity contribution in [2.45, 2.75) is 440 Å². The SMILES string of the molecule is CC.CC.CC.CC.CC.CC.CC.CC.CC.CC.CC.CC(C)(C)c1cc[nH]c1.CC(C)(C)c1ccc[nH]1.CC(C)(C)c1ccn[nH]1.CC(C)(C)c1cn[nH]c1.CC(C)(C)c1cnc[nH]1.CC(C)(C)c1cnc[nH]1.CC(C)(C)c1cncnn1.CC(C)(C)c1cnncn1.CC(C)(C)c1ncc[nH]1.CC(C)(C)c1nccnn1.CC(C)(C)c1ncncn1. The summed E-state index contributed by atoms with van der Waals surface area (Å²) in [6.45, 7) is 114.